The molecule has 1 atom stereocenters. The Morgan fingerprint density at radius 1 is 1.07 bits per heavy atom. The van der Waals surface area contributed by atoms with Gasteiger partial charge in [-0.25, -0.2) is 9.79 Å². The summed E-state index contributed by atoms with van der Waals surface area (Å²) >= 11 is 2.85. The number of aromatic nitrogens is 1. The highest BCUT2D eigenvalue weighted by atomic mass is 32.2. The minimum atomic E-state index is -0.743. The van der Waals surface area contributed by atoms with Crippen molar-refractivity contribution in [3.05, 3.63) is 115 Å². The molecule has 0 bridgehead atoms. The van der Waals surface area contributed by atoms with E-state index in [2.05, 4.69) is 18.7 Å². The second kappa shape index (κ2) is 12.8. The number of rotatable bonds is 9. The van der Waals surface area contributed by atoms with Crippen LogP contribution < -0.4 is 19.8 Å². The van der Waals surface area contributed by atoms with Gasteiger partial charge in [-0.3, -0.25) is 9.36 Å². The molecule has 7 nitrogen and oxygen atoms in total. The van der Waals surface area contributed by atoms with E-state index < -0.39 is 12.0 Å². The molecular weight excluding hydrogens is 567 g/mol. The topological polar surface area (TPSA) is 84.1 Å². The van der Waals surface area contributed by atoms with Gasteiger partial charge >= 0.3 is 5.97 Å². The Kier molecular flexibility index (Phi) is 8.99. The lowest BCUT2D eigenvalue weighted by atomic mass is 9.93. The number of phenolic OH excluding ortho intramolecular Hbond substituents is 1. The van der Waals surface area contributed by atoms with Crippen LogP contribution in [0.15, 0.2) is 93.1 Å². The number of hydrogen-bond donors (Lipinski definition) is 1. The molecule has 9 heteroatoms. The summed E-state index contributed by atoms with van der Waals surface area (Å²) in [6, 6.07) is 22.1. The van der Waals surface area contributed by atoms with E-state index in [-0.39, 0.29) is 17.9 Å². The lowest BCUT2D eigenvalue weighted by Crippen LogP contribution is -2.40. The molecule has 1 N–H and O–H groups in total. The van der Waals surface area contributed by atoms with E-state index in [1.165, 1.54) is 11.3 Å². The molecule has 0 unspecified atom stereocenters. The van der Waals surface area contributed by atoms with Gasteiger partial charge in [-0.2, -0.15) is 0 Å². The second-order valence-electron chi connectivity index (χ2n) is 9.62. The van der Waals surface area contributed by atoms with Gasteiger partial charge in [0.25, 0.3) is 5.56 Å². The summed E-state index contributed by atoms with van der Waals surface area (Å²) in [5.41, 5.74) is 3.48. The van der Waals surface area contributed by atoms with E-state index >= 15 is 0 Å². The quantitative estimate of drug-likeness (QED) is 0.210. The maximum atomic E-state index is 14.1. The van der Waals surface area contributed by atoms with E-state index in [0.717, 1.165) is 34.8 Å². The number of esters is 1. The lowest BCUT2D eigenvalue weighted by Gasteiger charge is -2.26. The van der Waals surface area contributed by atoms with Crippen LogP contribution in [0.5, 0.6) is 5.75 Å². The van der Waals surface area contributed by atoms with Crippen molar-refractivity contribution in [3.8, 4) is 5.75 Å². The number of ether oxygens (including phenoxy) is 1. The molecule has 4 aromatic rings. The number of carbonyl (C=O) groups is 1. The number of thiazole rings is 1. The SMILES string of the molecule is CCOC(=O)C1=C(c2ccccc2)N=c2sc(=Cc3ccc(N(CC)CC)cc3O)c(=O)n2[C@H]1c1ccc(SC)cc1. The molecular formula is C33H33N3O4S2. The number of fused-ring (bicyclic) bond motifs is 1. The van der Waals surface area contributed by atoms with Crippen LogP contribution in [0, 0.1) is 0 Å². The van der Waals surface area contributed by atoms with E-state index in [9.17, 15) is 14.7 Å². The largest absolute Gasteiger partial charge is 0.507 e. The van der Waals surface area contributed by atoms with Crippen molar-refractivity contribution in [1.29, 1.82) is 0 Å². The number of hydrogen-bond acceptors (Lipinski definition) is 8. The standard InChI is InChI=1S/C33H33N3O4S2/c1-5-35(6-2)24-16-13-23(26(37)20-24)19-27-31(38)36-30(22-14-17-25(41-4)18-15-22)28(32(39)40-7-3)29(34-33(36)42-27)21-11-9-8-10-12-21/h8-20,30,37H,5-7H2,1-4H3/t30-/m0/s1. The van der Waals surface area contributed by atoms with Crippen LogP contribution in [0.4, 0.5) is 5.69 Å². The van der Waals surface area contributed by atoms with Crippen LogP contribution in [0.25, 0.3) is 11.8 Å². The number of carbonyl (C=O) groups excluding carboxylic acids is 1. The summed E-state index contributed by atoms with van der Waals surface area (Å²) in [6.07, 6.45) is 3.69. The highest BCUT2D eigenvalue weighted by Crippen LogP contribution is 2.35. The van der Waals surface area contributed by atoms with Crippen molar-refractivity contribution in [2.45, 2.75) is 31.7 Å². The third-order valence-corrected chi connectivity index (χ3v) is 8.96. The highest BCUT2D eigenvalue weighted by Gasteiger charge is 2.35. The number of phenols is 1. The number of anilines is 1. The Hall–Kier alpha value is -4.08. The zero-order valence-electron chi connectivity index (χ0n) is 24.0. The third kappa shape index (κ3) is 5.67. The first kappa shape index (κ1) is 29.4. The Labute approximate surface area is 253 Å². The second-order valence-corrected chi connectivity index (χ2v) is 11.5. The van der Waals surface area contributed by atoms with Gasteiger partial charge in [0.05, 0.1) is 28.5 Å². The molecule has 1 aromatic heterocycles. The summed E-state index contributed by atoms with van der Waals surface area (Å²) in [6.45, 7) is 7.71. The van der Waals surface area contributed by atoms with Crippen LogP contribution in [0.3, 0.4) is 0 Å². The van der Waals surface area contributed by atoms with Gasteiger partial charge in [-0.05, 0) is 62.9 Å². The molecule has 0 saturated heterocycles. The molecule has 42 heavy (non-hydrogen) atoms. The molecule has 1 aliphatic rings. The van der Waals surface area contributed by atoms with Gasteiger partial charge in [-0.1, -0.05) is 53.8 Å². The predicted molar refractivity (Wildman–Crippen MR) is 171 cm³/mol. The van der Waals surface area contributed by atoms with Crippen molar-refractivity contribution >= 4 is 46.5 Å². The van der Waals surface area contributed by atoms with Crippen molar-refractivity contribution in [2.24, 2.45) is 4.99 Å². The monoisotopic (exact) mass is 599 g/mol. The third-order valence-electron chi connectivity index (χ3n) is 7.23. The van der Waals surface area contributed by atoms with Crippen molar-refractivity contribution in [1.82, 2.24) is 4.57 Å². The minimum Gasteiger partial charge on any atom is -0.507 e. The Morgan fingerprint density at radius 3 is 2.40 bits per heavy atom. The maximum Gasteiger partial charge on any atom is 0.338 e. The fraction of sp³-hybridized carbons (Fsp3) is 0.242. The average molecular weight is 600 g/mol. The lowest BCUT2D eigenvalue weighted by molar-refractivity contribution is -0.138. The number of thioether (sulfide) groups is 1. The van der Waals surface area contributed by atoms with Crippen molar-refractivity contribution < 1.29 is 14.6 Å². The molecule has 216 valence electrons. The highest BCUT2D eigenvalue weighted by molar-refractivity contribution is 7.98. The van der Waals surface area contributed by atoms with Gasteiger partial charge in [-0.15, -0.1) is 11.8 Å². The fourth-order valence-electron chi connectivity index (χ4n) is 5.12. The number of benzene rings is 3. The van der Waals surface area contributed by atoms with E-state index in [1.807, 2.05) is 73.0 Å². The van der Waals surface area contributed by atoms with Gasteiger partial charge in [0.15, 0.2) is 4.80 Å². The normalized spacial score (nSPS) is 14.9. The van der Waals surface area contributed by atoms with Gasteiger partial charge in [0.1, 0.15) is 5.75 Å². The van der Waals surface area contributed by atoms with Gasteiger partial charge < -0.3 is 14.7 Å². The summed E-state index contributed by atoms with van der Waals surface area (Å²) in [4.78, 5) is 36.2. The van der Waals surface area contributed by atoms with Crippen LogP contribution in [-0.2, 0) is 9.53 Å². The maximum absolute atomic E-state index is 14.1. The molecule has 1 aliphatic heterocycles. The smallest absolute Gasteiger partial charge is 0.338 e. The van der Waals surface area contributed by atoms with E-state index in [1.54, 1.807) is 35.4 Å². The summed E-state index contributed by atoms with van der Waals surface area (Å²) in [5.74, 6) is -0.426. The Morgan fingerprint density at radius 2 is 1.79 bits per heavy atom. The zero-order valence-corrected chi connectivity index (χ0v) is 25.7. The van der Waals surface area contributed by atoms with Crippen LogP contribution in [0.1, 0.15) is 43.5 Å². The van der Waals surface area contributed by atoms with Crippen LogP contribution in [-0.4, -0.2) is 41.6 Å². The molecule has 5 rings (SSSR count). The molecule has 0 fully saturated rings. The average Bonchev–Trinajstić information content (AvgIpc) is 3.33. The van der Waals surface area contributed by atoms with Crippen LogP contribution >= 0.6 is 23.1 Å². The summed E-state index contributed by atoms with van der Waals surface area (Å²) < 4.78 is 7.51. The summed E-state index contributed by atoms with van der Waals surface area (Å²) in [7, 11) is 0. The predicted octanol–water partition coefficient (Wildman–Crippen LogP) is 5.21. The minimum absolute atomic E-state index is 0.0895. The molecule has 0 saturated carbocycles. The molecule has 3 aromatic carbocycles. The summed E-state index contributed by atoms with van der Waals surface area (Å²) in [5, 5.41) is 10.9. The van der Waals surface area contributed by atoms with Crippen LogP contribution in [0.2, 0.25) is 0 Å². The van der Waals surface area contributed by atoms with Crippen molar-refractivity contribution in [2.75, 3.05) is 30.9 Å². The van der Waals surface area contributed by atoms with E-state index in [0.29, 0.717) is 26.2 Å². The zero-order chi connectivity index (χ0) is 29.8. The number of aromatic hydroxyl groups is 1. The first-order valence-corrected chi connectivity index (χ1v) is 15.9. The molecule has 2 heterocycles. The fourth-order valence-corrected chi connectivity index (χ4v) is 6.52. The van der Waals surface area contributed by atoms with Gasteiger partial charge in [0.2, 0.25) is 0 Å². The first-order valence-electron chi connectivity index (χ1n) is 13.9. The molecule has 0 spiro atoms. The van der Waals surface area contributed by atoms with Crippen molar-refractivity contribution in [3.63, 3.8) is 0 Å². The Balaban J connectivity index is 1.75. The molecule has 0 radical (unpaired) electrons. The number of nitrogens with zero attached hydrogens (tertiary/aromatic N) is 3. The first-order chi connectivity index (χ1) is 20.4. The van der Waals surface area contributed by atoms with Gasteiger partial charge in [0, 0.05) is 40.9 Å². The molecule has 0 amide bonds. The Bertz CT molecular complexity index is 1800. The van der Waals surface area contributed by atoms with E-state index in [4.69, 9.17) is 9.73 Å². The molecule has 0 aliphatic carbocycles.